The van der Waals surface area contributed by atoms with Crippen LogP contribution < -0.4 is 0 Å². The predicted molar refractivity (Wildman–Crippen MR) is 77.5 cm³/mol. The van der Waals surface area contributed by atoms with Gasteiger partial charge in [0.15, 0.2) is 0 Å². The lowest BCUT2D eigenvalue weighted by Crippen LogP contribution is -2.31. The third kappa shape index (κ3) is 3.55. The van der Waals surface area contributed by atoms with E-state index in [0.29, 0.717) is 18.0 Å². The standard InChI is InChI=1S/C15H19NO2S/c1-3-11-16(12-10-14-6-7-14)19(17,18)15-8-4-13(2)5-9-15/h3-5,8-10H,1,6-7,11-12H2,2H3. The van der Waals surface area contributed by atoms with Gasteiger partial charge in [0.1, 0.15) is 0 Å². The summed E-state index contributed by atoms with van der Waals surface area (Å²) in [6.07, 6.45) is 5.84. The average Bonchev–Trinajstić information content (AvgIpc) is 3.19. The molecule has 0 saturated heterocycles. The predicted octanol–water partition coefficient (Wildman–Crippen LogP) is 2.89. The van der Waals surface area contributed by atoms with Gasteiger partial charge in [-0.1, -0.05) is 35.4 Å². The van der Waals surface area contributed by atoms with E-state index in [4.69, 9.17) is 0 Å². The second-order valence-corrected chi connectivity index (χ2v) is 6.72. The SMILES string of the molecule is C=CCN(CC=C1CC1)S(=O)(=O)c1ccc(C)cc1. The first-order valence-electron chi connectivity index (χ1n) is 6.39. The van der Waals surface area contributed by atoms with Crippen molar-refractivity contribution in [3.8, 4) is 0 Å². The second kappa shape index (κ2) is 5.72. The highest BCUT2D eigenvalue weighted by atomic mass is 32.2. The summed E-state index contributed by atoms with van der Waals surface area (Å²) in [5.74, 6) is 0. The first kappa shape index (κ1) is 14.0. The lowest BCUT2D eigenvalue weighted by molar-refractivity contribution is 0.474. The van der Waals surface area contributed by atoms with Crippen LogP contribution in [-0.2, 0) is 10.0 Å². The Morgan fingerprint density at radius 2 is 1.84 bits per heavy atom. The van der Waals surface area contributed by atoms with Gasteiger partial charge in [-0.2, -0.15) is 4.31 Å². The van der Waals surface area contributed by atoms with E-state index in [-0.39, 0.29) is 0 Å². The highest BCUT2D eigenvalue weighted by Crippen LogP contribution is 2.27. The van der Waals surface area contributed by atoms with E-state index in [1.807, 2.05) is 25.1 Å². The first-order valence-corrected chi connectivity index (χ1v) is 7.83. The Morgan fingerprint density at radius 3 is 2.37 bits per heavy atom. The van der Waals surface area contributed by atoms with Gasteiger partial charge in [-0.3, -0.25) is 0 Å². The van der Waals surface area contributed by atoms with Crippen LogP contribution in [0, 0.1) is 6.92 Å². The normalized spacial score (nSPS) is 14.5. The Hall–Kier alpha value is -1.39. The van der Waals surface area contributed by atoms with Crippen LogP contribution in [0.3, 0.4) is 0 Å². The molecule has 102 valence electrons. The molecule has 1 aliphatic rings. The zero-order valence-corrected chi connectivity index (χ0v) is 12.0. The Labute approximate surface area is 115 Å². The fourth-order valence-corrected chi connectivity index (χ4v) is 3.13. The van der Waals surface area contributed by atoms with E-state index in [1.165, 1.54) is 9.88 Å². The summed E-state index contributed by atoms with van der Waals surface area (Å²) in [4.78, 5) is 0.342. The average molecular weight is 277 g/mol. The molecular formula is C15H19NO2S. The zero-order valence-electron chi connectivity index (χ0n) is 11.2. The van der Waals surface area contributed by atoms with E-state index >= 15 is 0 Å². The number of allylic oxidation sites excluding steroid dienone is 1. The quantitative estimate of drug-likeness (QED) is 0.750. The van der Waals surface area contributed by atoms with Crippen LogP contribution >= 0.6 is 0 Å². The minimum absolute atomic E-state index is 0.333. The summed E-state index contributed by atoms with van der Waals surface area (Å²) in [7, 11) is -3.43. The van der Waals surface area contributed by atoms with Crippen molar-refractivity contribution < 1.29 is 8.42 Å². The summed E-state index contributed by atoms with van der Waals surface area (Å²) in [5.41, 5.74) is 2.39. The van der Waals surface area contributed by atoms with Crippen LogP contribution in [0.2, 0.25) is 0 Å². The molecule has 0 N–H and O–H groups in total. The number of nitrogens with zero attached hydrogens (tertiary/aromatic N) is 1. The number of sulfonamides is 1. The first-order chi connectivity index (χ1) is 9.04. The Morgan fingerprint density at radius 1 is 1.21 bits per heavy atom. The van der Waals surface area contributed by atoms with Gasteiger partial charge in [0, 0.05) is 13.1 Å². The van der Waals surface area contributed by atoms with Gasteiger partial charge in [-0.25, -0.2) is 8.42 Å². The molecule has 4 heteroatoms. The largest absolute Gasteiger partial charge is 0.243 e. The molecule has 1 aromatic rings. The van der Waals surface area contributed by atoms with Gasteiger partial charge in [0.25, 0.3) is 0 Å². The molecule has 0 atom stereocenters. The summed E-state index contributed by atoms with van der Waals surface area (Å²) in [6.45, 7) is 6.34. The molecule has 0 amide bonds. The molecule has 0 aliphatic heterocycles. The second-order valence-electron chi connectivity index (χ2n) is 4.79. The van der Waals surface area contributed by atoms with Gasteiger partial charge in [-0.15, -0.1) is 6.58 Å². The van der Waals surface area contributed by atoms with E-state index in [9.17, 15) is 8.42 Å². The third-order valence-electron chi connectivity index (χ3n) is 3.11. The number of rotatable bonds is 6. The van der Waals surface area contributed by atoms with Gasteiger partial charge in [-0.05, 0) is 31.9 Å². The van der Waals surface area contributed by atoms with Crippen molar-refractivity contribution in [1.82, 2.24) is 4.31 Å². The number of hydrogen-bond acceptors (Lipinski definition) is 2. The number of aryl methyl sites for hydroxylation is 1. The highest BCUT2D eigenvalue weighted by Gasteiger charge is 2.23. The molecular weight excluding hydrogens is 258 g/mol. The van der Waals surface area contributed by atoms with E-state index in [2.05, 4.69) is 6.58 Å². The maximum atomic E-state index is 12.5. The Bertz CT molecular complexity index is 579. The van der Waals surface area contributed by atoms with Gasteiger partial charge < -0.3 is 0 Å². The molecule has 3 nitrogen and oxygen atoms in total. The zero-order chi connectivity index (χ0) is 13.9. The minimum Gasteiger partial charge on any atom is -0.207 e. The molecule has 1 fully saturated rings. The van der Waals surface area contributed by atoms with E-state index in [1.54, 1.807) is 18.2 Å². The smallest absolute Gasteiger partial charge is 0.207 e. The molecule has 2 rings (SSSR count). The maximum Gasteiger partial charge on any atom is 0.243 e. The lowest BCUT2D eigenvalue weighted by atomic mass is 10.2. The summed E-state index contributed by atoms with van der Waals surface area (Å²) < 4.78 is 26.5. The van der Waals surface area contributed by atoms with Crippen molar-refractivity contribution in [2.75, 3.05) is 13.1 Å². The minimum atomic E-state index is -3.43. The molecule has 0 spiro atoms. The van der Waals surface area contributed by atoms with Crippen LogP contribution in [0.1, 0.15) is 18.4 Å². The topological polar surface area (TPSA) is 37.4 Å². The molecule has 19 heavy (non-hydrogen) atoms. The van der Waals surface area contributed by atoms with Gasteiger partial charge >= 0.3 is 0 Å². The molecule has 1 aliphatic carbocycles. The van der Waals surface area contributed by atoms with Crippen molar-refractivity contribution in [3.05, 3.63) is 54.1 Å². The molecule has 1 saturated carbocycles. The fraction of sp³-hybridized carbons (Fsp3) is 0.333. The van der Waals surface area contributed by atoms with Crippen LogP contribution in [0.15, 0.2) is 53.5 Å². The molecule has 1 aromatic carbocycles. The number of hydrogen-bond donors (Lipinski definition) is 0. The molecule has 0 unspecified atom stereocenters. The molecule has 0 bridgehead atoms. The summed E-state index contributed by atoms with van der Waals surface area (Å²) in [6, 6.07) is 6.95. The lowest BCUT2D eigenvalue weighted by Gasteiger charge is -2.19. The maximum absolute atomic E-state index is 12.5. The van der Waals surface area contributed by atoms with Crippen molar-refractivity contribution in [2.24, 2.45) is 0 Å². The summed E-state index contributed by atoms with van der Waals surface area (Å²) >= 11 is 0. The van der Waals surface area contributed by atoms with Crippen molar-refractivity contribution in [1.29, 1.82) is 0 Å². The highest BCUT2D eigenvalue weighted by molar-refractivity contribution is 7.89. The Balaban J connectivity index is 2.24. The van der Waals surface area contributed by atoms with Gasteiger partial charge in [0.05, 0.1) is 4.90 Å². The summed E-state index contributed by atoms with van der Waals surface area (Å²) in [5, 5.41) is 0. The van der Waals surface area contributed by atoms with Gasteiger partial charge in [0.2, 0.25) is 10.0 Å². The third-order valence-corrected chi connectivity index (χ3v) is 4.96. The Kier molecular flexibility index (Phi) is 4.22. The van der Waals surface area contributed by atoms with Crippen LogP contribution in [0.25, 0.3) is 0 Å². The number of benzene rings is 1. The molecule has 0 aromatic heterocycles. The van der Waals surface area contributed by atoms with Crippen LogP contribution in [0.4, 0.5) is 0 Å². The fourth-order valence-electron chi connectivity index (χ4n) is 1.78. The van der Waals surface area contributed by atoms with Crippen molar-refractivity contribution in [2.45, 2.75) is 24.7 Å². The monoisotopic (exact) mass is 277 g/mol. The van der Waals surface area contributed by atoms with Crippen molar-refractivity contribution >= 4 is 10.0 Å². The van der Waals surface area contributed by atoms with Crippen LogP contribution in [0.5, 0.6) is 0 Å². The van der Waals surface area contributed by atoms with E-state index < -0.39 is 10.0 Å². The van der Waals surface area contributed by atoms with Crippen molar-refractivity contribution in [3.63, 3.8) is 0 Å². The molecule has 0 heterocycles. The van der Waals surface area contributed by atoms with E-state index in [0.717, 1.165) is 18.4 Å². The van der Waals surface area contributed by atoms with Crippen LogP contribution in [-0.4, -0.2) is 25.8 Å². The molecule has 0 radical (unpaired) electrons.